The highest BCUT2D eigenvalue weighted by Gasteiger charge is 2.46. The standard InChI is InChI=1S/C22H26N4O2/c1-2-25-16-22(15-18(20(25)27)17-7-4-3-5-8-17)10-13-26(14-11-22)21(28)19-9-6-12-23-24-19/h3-9,12,18H,2,10-11,13-16H2,1H3. The van der Waals surface area contributed by atoms with Gasteiger partial charge in [-0.05, 0) is 49.3 Å². The summed E-state index contributed by atoms with van der Waals surface area (Å²) in [6.07, 6.45) is 4.25. The molecule has 6 nitrogen and oxygen atoms in total. The average molecular weight is 378 g/mol. The van der Waals surface area contributed by atoms with Crippen LogP contribution in [0, 0.1) is 5.41 Å². The van der Waals surface area contributed by atoms with Crippen LogP contribution in [0.5, 0.6) is 0 Å². The lowest BCUT2D eigenvalue weighted by Gasteiger charge is -2.49. The number of likely N-dealkylation sites (tertiary alicyclic amines) is 2. The SMILES string of the molecule is CCN1CC2(CCN(C(=O)c3cccnn3)CC2)CC(c2ccccc2)C1=O. The predicted molar refractivity (Wildman–Crippen MR) is 106 cm³/mol. The van der Waals surface area contributed by atoms with Crippen molar-refractivity contribution in [3.63, 3.8) is 0 Å². The molecule has 146 valence electrons. The first-order valence-electron chi connectivity index (χ1n) is 10.0. The van der Waals surface area contributed by atoms with Gasteiger partial charge in [0.2, 0.25) is 5.91 Å². The van der Waals surface area contributed by atoms with Crippen LogP contribution in [-0.4, -0.2) is 58.0 Å². The van der Waals surface area contributed by atoms with Crippen molar-refractivity contribution in [3.05, 3.63) is 59.9 Å². The molecule has 1 aromatic carbocycles. The zero-order chi connectivity index (χ0) is 19.6. The van der Waals surface area contributed by atoms with E-state index in [4.69, 9.17) is 0 Å². The molecule has 2 fully saturated rings. The first-order valence-corrected chi connectivity index (χ1v) is 10.0. The summed E-state index contributed by atoms with van der Waals surface area (Å²) in [5.74, 6) is 0.0938. The molecule has 1 spiro atoms. The molecule has 4 rings (SSSR count). The Labute approximate surface area is 165 Å². The highest BCUT2D eigenvalue weighted by atomic mass is 16.2. The van der Waals surface area contributed by atoms with Crippen LogP contribution < -0.4 is 0 Å². The molecule has 2 amide bonds. The number of hydrogen-bond acceptors (Lipinski definition) is 4. The maximum Gasteiger partial charge on any atom is 0.274 e. The van der Waals surface area contributed by atoms with Gasteiger partial charge in [-0.25, -0.2) is 0 Å². The molecule has 0 N–H and O–H groups in total. The number of piperidine rings is 2. The average Bonchev–Trinajstić information content (AvgIpc) is 2.76. The van der Waals surface area contributed by atoms with Gasteiger partial charge in [0, 0.05) is 32.4 Å². The summed E-state index contributed by atoms with van der Waals surface area (Å²) in [7, 11) is 0. The third-order valence-electron chi connectivity index (χ3n) is 6.26. The quantitative estimate of drug-likeness (QED) is 0.824. The van der Waals surface area contributed by atoms with Crippen molar-refractivity contribution in [1.29, 1.82) is 0 Å². The van der Waals surface area contributed by atoms with Gasteiger partial charge in [0.25, 0.3) is 5.91 Å². The normalized spacial score (nSPS) is 21.8. The number of carbonyl (C=O) groups is 2. The van der Waals surface area contributed by atoms with Crippen molar-refractivity contribution in [1.82, 2.24) is 20.0 Å². The van der Waals surface area contributed by atoms with Gasteiger partial charge in [-0.1, -0.05) is 30.3 Å². The molecule has 2 aliphatic heterocycles. The Hall–Kier alpha value is -2.76. The third kappa shape index (κ3) is 3.51. The summed E-state index contributed by atoms with van der Waals surface area (Å²) < 4.78 is 0. The van der Waals surface area contributed by atoms with E-state index >= 15 is 0 Å². The summed E-state index contributed by atoms with van der Waals surface area (Å²) in [4.78, 5) is 29.6. The molecule has 1 unspecified atom stereocenters. The Balaban J connectivity index is 1.50. The van der Waals surface area contributed by atoms with Crippen LogP contribution in [0.25, 0.3) is 0 Å². The summed E-state index contributed by atoms with van der Waals surface area (Å²) in [5, 5.41) is 7.77. The Kier molecular flexibility index (Phi) is 5.11. The minimum absolute atomic E-state index is 0.0539. The number of nitrogens with zero attached hydrogens (tertiary/aromatic N) is 4. The smallest absolute Gasteiger partial charge is 0.274 e. The maximum absolute atomic E-state index is 13.0. The second-order valence-electron chi connectivity index (χ2n) is 7.92. The Morgan fingerprint density at radius 2 is 1.89 bits per heavy atom. The van der Waals surface area contributed by atoms with Crippen LogP contribution in [0.15, 0.2) is 48.7 Å². The fraction of sp³-hybridized carbons (Fsp3) is 0.455. The highest BCUT2D eigenvalue weighted by Crippen LogP contribution is 2.45. The highest BCUT2D eigenvalue weighted by molar-refractivity contribution is 5.92. The lowest BCUT2D eigenvalue weighted by Crippen LogP contribution is -2.54. The molecule has 3 heterocycles. The molecule has 0 aliphatic carbocycles. The lowest BCUT2D eigenvalue weighted by atomic mass is 9.67. The van der Waals surface area contributed by atoms with Crippen molar-refractivity contribution in [2.24, 2.45) is 5.41 Å². The number of rotatable bonds is 3. The van der Waals surface area contributed by atoms with Gasteiger partial charge in [0.05, 0.1) is 5.92 Å². The van der Waals surface area contributed by atoms with E-state index in [0.717, 1.165) is 37.9 Å². The van der Waals surface area contributed by atoms with Crippen LogP contribution in [0.1, 0.15) is 48.2 Å². The van der Waals surface area contributed by atoms with Crippen molar-refractivity contribution >= 4 is 11.8 Å². The van der Waals surface area contributed by atoms with Crippen LogP contribution in [-0.2, 0) is 4.79 Å². The molecule has 2 saturated heterocycles. The van der Waals surface area contributed by atoms with Crippen LogP contribution in [0.3, 0.4) is 0 Å². The van der Waals surface area contributed by atoms with E-state index in [1.807, 2.05) is 34.9 Å². The Morgan fingerprint density at radius 3 is 2.54 bits per heavy atom. The molecular formula is C22H26N4O2. The molecule has 6 heteroatoms. The number of carbonyl (C=O) groups excluding carboxylic acids is 2. The molecule has 1 aromatic heterocycles. The molecular weight excluding hydrogens is 352 g/mol. The third-order valence-corrected chi connectivity index (χ3v) is 6.26. The van der Waals surface area contributed by atoms with Crippen LogP contribution >= 0.6 is 0 Å². The van der Waals surface area contributed by atoms with E-state index in [9.17, 15) is 9.59 Å². The molecule has 0 saturated carbocycles. The number of likely N-dealkylation sites (N-methyl/N-ethyl adjacent to an activating group) is 1. The second-order valence-corrected chi connectivity index (χ2v) is 7.92. The van der Waals surface area contributed by atoms with Gasteiger partial charge in [-0.2, -0.15) is 5.10 Å². The minimum atomic E-state index is -0.0860. The molecule has 2 aromatic rings. The van der Waals surface area contributed by atoms with Crippen molar-refractivity contribution < 1.29 is 9.59 Å². The van der Waals surface area contributed by atoms with E-state index in [1.165, 1.54) is 0 Å². The predicted octanol–water partition coefficient (Wildman–Crippen LogP) is 2.74. The largest absolute Gasteiger partial charge is 0.342 e. The fourth-order valence-corrected chi connectivity index (χ4v) is 4.63. The minimum Gasteiger partial charge on any atom is -0.342 e. The van der Waals surface area contributed by atoms with Gasteiger partial charge < -0.3 is 9.80 Å². The van der Waals surface area contributed by atoms with Gasteiger partial charge in [0.15, 0.2) is 5.69 Å². The number of amides is 2. The van der Waals surface area contributed by atoms with E-state index in [0.29, 0.717) is 18.8 Å². The van der Waals surface area contributed by atoms with E-state index in [1.54, 1.807) is 18.3 Å². The topological polar surface area (TPSA) is 66.4 Å². The fourth-order valence-electron chi connectivity index (χ4n) is 4.63. The Morgan fingerprint density at radius 1 is 1.14 bits per heavy atom. The molecule has 28 heavy (non-hydrogen) atoms. The zero-order valence-electron chi connectivity index (χ0n) is 16.3. The molecule has 2 aliphatic rings. The summed E-state index contributed by atoms with van der Waals surface area (Å²) in [6.45, 7) is 4.96. The monoisotopic (exact) mass is 378 g/mol. The van der Waals surface area contributed by atoms with Gasteiger partial charge in [-0.3, -0.25) is 9.59 Å². The molecule has 1 atom stereocenters. The van der Waals surface area contributed by atoms with Gasteiger partial charge in [-0.15, -0.1) is 5.10 Å². The number of aromatic nitrogens is 2. The number of benzene rings is 1. The molecule has 0 bridgehead atoms. The van der Waals surface area contributed by atoms with E-state index < -0.39 is 0 Å². The second kappa shape index (κ2) is 7.70. The van der Waals surface area contributed by atoms with E-state index in [2.05, 4.69) is 22.3 Å². The van der Waals surface area contributed by atoms with Crippen molar-refractivity contribution in [2.75, 3.05) is 26.2 Å². The van der Waals surface area contributed by atoms with Gasteiger partial charge in [0.1, 0.15) is 0 Å². The van der Waals surface area contributed by atoms with Crippen molar-refractivity contribution in [3.8, 4) is 0 Å². The zero-order valence-corrected chi connectivity index (χ0v) is 16.3. The first-order chi connectivity index (χ1) is 13.6. The molecule has 0 radical (unpaired) electrons. The lowest BCUT2D eigenvalue weighted by molar-refractivity contribution is -0.141. The van der Waals surface area contributed by atoms with E-state index in [-0.39, 0.29) is 23.1 Å². The first kappa shape index (κ1) is 18.6. The van der Waals surface area contributed by atoms with Crippen LogP contribution in [0.2, 0.25) is 0 Å². The summed E-state index contributed by atoms with van der Waals surface area (Å²) >= 11 is 0. The van der Waals surface area contributed by atoms with Gasteiger partial charge >= 0.3 is 0 Å². The summed E-state index contributed by atoms with van der Waals surface area (Å²) in [5.41, 5.74) is 1.57. The number of hydrogen-bond donors (Lipinski definition) is 0. The Bertz CT molecular complexity index is 832. The summed E-state index contributed by atoms with van der Waals surface area (Å²) in [6, 6.07) is 13.6. The van der Waals surface area contributed by atoms with Crippen molar-refractivity contribution in [2.45, 2.75) is 32.1 Å². The van der Waals surface area contributed by atoms with Crippen LogP contribution in [0.4, 0.5) is 0 Å². The maximum atomic E-state index is 13.0.